The summed E-state index contributed by atoms with van der Waals surface area (Å²) in [5.41, 5.74) is 18.6. The number of unbranched alkanes of at least 4 members (excludes halogenated alkanes) is 4. The Bertz CT molecular complexity index is 2430. The molecule has 4 fully saturated rings. The van der Waals surface area contributed by atoms with Crippen molar-refractivity contribution in [1.82, 2.24) is 53.2 Å². The van der Waals surface area contributed by atoms with Crippen molar-refractivity contribution in [3.63, 3.8) is 0 Å². The van der Waals surface area contributed by atoms with Crippen molar-refractivity contribution in [1.29, 1.82) is 0 Å². The van der Waals surface area contributed by atoms with Crippen LogP contribution < -0.4 is 70.4 Å². The molecule has 17 N–H and O–H groups in total. The molecule has 4 aliphatic rings. The fourth-order valence-corrected chi connectivity index (χ4v) is 14.4. The van der Waals surface area contributed by atoms with Gasteiger partial charge in [0.25, 0.3) is 0 Å². The van der Waals surface area contributed by atoms with E-state index in [9.17, 15) is 38.7 Å². The Morgan fingerprint density at radius 3 is 1.64 bits per heavy atom. The summed E-state index contributed by atoms with van der Waals surface area (Å²) in [4.78, 5) is 131. The number of aliphatic hydroxyl groups is 1. The number of nitrogens with one attached hydrogen (secondary N) is 10. The number of nitrogens with two attached hydrogens (primary N) is 3. The van der Waals surface area contributed by atoms with Crippen LogP contribution in [0.15, 0.2) is 30.3 Å². The van der Waals surface area contributed by atoms with Gasteiger partial charge in [-0.1, -0.05) is 155 Å². The molecule has 2 saturated heterocycles. The number of fused-ring (bicyclic) bond motifs is 1. The normalized spacial score (nSPS) is 27.6. The van der Waals surface area contributed by atoms with Crippen molar-refractivity contribution in [2.24, 2.45) is 46.3 Å². The van der Waals surface area contributed by atoms with Gasteiger partial charge in [-0.05, 0) is 138 Å². The Morgan fingerprint density at radius 2 is 1.08 bits per heavy atom. The van der Waals surface area contributed by atoms with Crippen molar-refractivity contribution < 1.29 is 48.3 Å². The van der Waals surface area contributed by atoms with Crippen LogP contribution in [0.3, 0.4) is 0 Å². The summed E-state index contributed by atoms with van der Waals surface area (Å²) in [5.74, 6) is -6.21. The second-order valence-corrected chi connectivity index (χ2v) is 27.4. The first-order valence-electron chi connectivity index (χ1n) is 35.0. The zero-order valence-corrected chi connectivity index (χ0v) is 55.7. The van der Waals surface area contributed by atoms with Gasteiger partial charge in [0.05, 0.1) is 12.5 Å². The van der Waals surface area contributed by atoms with Crippen LogP contribution in [-0.2, 0) is 49.6 Å². The first-order chi connectivity index (χ1) is 43.7. The predicted octanol–water partition coefficient (Wildman–Crippen LogP) is 3.56. The van der Waals surface area contributed by atoms with Gasteiger partial charge in [-0.2, -0.15) is 0 Å². The first-order valence-corrected chi connectivity index (χ1v) is 35.0. The lowest BCUT2D eigenvalue weighted by Crippen LogP contribution is -2.61. The summed E-state index contributed by atoms with van der Waals surface area (Å²) in [7, 11) is 0. The molecule has 9 amide bonds. The van der Waals surface area contributed by atoms with Gasteiger partial charge < -0.3 is 75.5 Å². The number of benzene rings is 1. The Balaban J connectivity index is 1.57. The maximum absolute atomic E-state index is 15.5. The molecule has 1 aromatic rings. The van der Waals surface area contributed by atoms with E-state index < -0.39 is 108 Å². The molecule has 2 heterocycles. The minimum Gasteiger partial charge on any atom is -0.393 e. The molecule has 23 heteroatoms. The summed E-state index contributed by atoms with van der Waals surface area (Å²) in [5, 5.41) is 40.7. The number of carbonyl (C=O) groups is 9. The van der Waals surface area contributed by atoms with Gasteiger partial charge in [0, 0.05) is 19.0 Å². The van der Waals surface area contributed by atoms with Crippen molar-refractivity contribution in [2.45, 2.75) is 275 Å². The number of hydrogen-bond acceptors (Lipinski definition) is 14. The fraction of sp³-hybridized carbons (Fsp3) is 0.779. The molecule has 5 rings (SSSR count). The third kappa shape index (κ3) is 24.9. The van der Waals surface area contributed by atoms with Gasteiger partial charge in [0.1, 0.15) is 48.3 Å². The molecule has 0 spiro atoms. The minimum atomic E-state index is -1.45. The highest BCUT2D eigenvalue weighted by Gasteiger charge is 2.55. The topological polar surface area (TPSA) is 372 Å². The van der Waals surface area contributed by atoms with E-state index in [0.717, 1.165) is 83.5 Å². The summed E-state index contributed by atoms with van der Waals surface area (Å²) >= 11 is 0. The lowest BCUT2D eigenvalue weighted by Gasteiger charge is -2.50. The molecule has 0 aromatic heterocycles. The lowest BCUT2D eigenvalue weighted by molar-refractivity contribution is -0.136. The number of amides is 9. The monoisotopic (exact) mass is 1280 g/mol. The summed E-state index contributed by atoms with van der Waals surface area (Å²) in [6.07, 6.45) is 18.8. The number of rotatable bonds is 26. The maximum Gasteiger partial charge on any atom is 0.243 e. The highest BCUT2D eigenvalue weighted by Crippen LogP contribution is 2.56. The van der Waals surface area contributed by atoms with Gasteiger partial charge in [-0.3, -0.25) is 43.2 Å². The van der Waals surface area contributed by atoms with Gasteiger partial charge >= 0.3 is 0 Å². The van der Waals surface area contributed by atoms with Crippen LogP contribution in [-0.4, -0.2) is 151 Å². The summed E-state index contributed by atoms with van der Waals surface area (Å²) < 4.78 is 0. The first kappa shape index (κ1) is 76.0. The smallest absolute Gasteiger partial charge is 0.243 e. The van der Waals surface area contributed by atoms with Crippen molar-refractivity contribution in [2.75, 3.05) is 32.7 Å². The molecule has 0 bridgehead atoms. The van der Waals surface area contributed by atoms with E-state index in [1.807, 2.05) is 27.7 Å². The molecular weight excluding hydrogens is 1160 g/mol. The van der Waals surface area contributed by atoms with Crippen LogP contribution in [0.5, 0.6) is 0 Å². The van der Waals surface area contributed by atoms with E-state index in [1.165, 1.54) is 32.1 Å². The molecule has 2 aliphatic carbocycles. The molecule has 3 unspecified atom stereocenters. The Labute approximate surface area is 542 Å². The van der Waals surface area contributed by atoms with E-state index in [0.29, 0.717) is 24.4 Å². The third-order valence-corrected chi connectivity index (χ3v) is 19.2. The van der Waals surface area contributed by atoms with E-state index in [2.05, 4.69) is 60.1 Å². The number of hydrogen-bond donors (Lipinski definition) is 14. The number of aliphatic hydroxyl groups excluding tert-OH is 1. The van der Waals surface area contributed by atoms with Crippen LogP contribution >= 0.6 is 0 Å². The zero-order valence-electron chi connectivity index (χ0n) is 55.7. The van der Waals surface area contributed by atoms with Crippen LogP contribution in [0.2, 0.25) is 0 Å². The van der Waals surface area contributed by atoms with Gasteiger partial charge in [-0.15, -0.1) is 0 Å². The molecule has 23 nitrogen and oxygen atoms in total. The maximum atomic E-state index is 15.5. The SMILES string of the molecule is CCCCCCC[C@@H](O)CC(=O)N[C@H](CC1CNC2CCCCC12C1CCCCCCCCC1)C(=O)N[C@H]1CCNC(=O)[C@H](CC(C)C)NC(=O)[C@H](CCN)NC(=O)[C@H](CCN)NC(=O)[C@H](CC(C)C)NC(=O)[C@@H](Cc2ccccc2)NC(=O)[C@H](CCN)NC1=O. The highest BCUT2D eigenvalue weighted by atomic mass is 16.3. The highest BCUT2D eigenvalue weighted by molar-refractivity contribution is 5.98. The molecule has 1 aromatic carbocycles. The second kappa shape index (κ2) is 40.4. The average molecular weight is 1280 g/mol. The van der Waals surface area contributed by atoms with E-state index in [1.54, 1.807) is 30.3 Å². The standard InChI is InChI=1S/C68H117N13O10/c1-6-7-8-12-20-27-49(82)42-59(83)74-57(41-48-43-73-58-28-21-22-33-68(48,58)47-25-18-13-10-9-11-14-19-26-47)67(91)78-53-32-37-72-60(84)54(38-44(2)3)79-62(86)51(30-35-70)75-61(85)50(29-34-69)77-65(89)55(39-45(4)5)80-66(90)56(40-46-23-16-15-17-24-46)81-63(87)52(31-36-71)76-64(53)88/h15-17,23-24,44-45,47-58,73,82H,6-14,18-22,25-43,69-71H2,1-5H3,(H,72,84)(H,74,83)(H,75,85)(H,76,88)(H,77,89)(H,78,91)(H,79,86)(H,80,90)(H,81,87)/t48?,49-,50+,51+,52+,53+,54+,55+,56-,57-,58?,68?/m1/s1. The molecule has 0 radical (unpaired) electrons. The van der Waals surface area contributed by atoms with Crippen LogP contribution in [0.1, 0.15) is 214 Å². The zero-order chi connectivity index (χ0) is 66.3. The van der Waals surface area contributed by atoms with Gasteiger partial charge in [0.2, 0.25) is 53.2 Å². The Morgan fingerprint density at radius 1 is 0.582 bits per heavy atom. The fourth-order valence-electron chi connectivity index (χ4n) is 14.4. The molecule has 91 heavy (non-hydrogen) atoms. The van der Waals surface area contributed by atoms with Crippen molar-refractivity contribution in [3.05, 3.63) is 35.9 Å². The minimum absolute atomic E-state index is 0.0258. The average Bonchev–Trinajstić information content (AvgIpc) is 1.65. The Kier molecular flexibility index (Phi) is 33.7. The number of carbonyl (C=O) groups excluding carboxylic acids is 9. The summed E-state index contributed by atoms with van der Waals surface area (Å²) in [6.45, 7) is 9.82. The van der Waals surface area contributed by atoms with Crippen LogP contribution in [0, 0.1) is 29.1 Å². The van der Waals surface area contributed by atoms with Crippen molar-refractivity contribution >= 4 is 53.2 Å². The molecule has 2 aliphatic heterocycles. The van der Waals surface area contributed by atoms with E-state index in [4.69, 9.17) is 17.2 Å². The van der Waals surface area contributed by atoms with Gasteiger partial charge in [0.15, 0.2) is 0 Å². The quantitative estimate of drug-likeness (QED) is 0.0590. The largest absolute Gasteiger partial charge is 0.393 e. The third-order valence-electron chi connectivity index (χ3n) is 19.2. The van der Waals surface area contributed by atoms with Crippen LogP contribution in [0.25, 0.3) is 0 Å². The second-order valence-electron chi connectivity index (χ2n) is 27.4. The lowest BCUT2D eigenvalue weighted by atomic mass is 9.55. The van der Waals surface area contributed by atoms with E-state index in [-0.39, 0.29) is 113 Å². The van der Waals surface area contributed by atoms with Gasteiger partial charge in [-0.25, -0.2) is 0 Å². The molecule has 514 valence electrons. The summed E-state index contributed by atoms with van der Waals surface area (Å²) in [6, 6.07) is -1.06. The van der Waals surface area contributed by atoms with Crippen LogP contribution in [0.4, 0.5) is 0 Å². The predicted molar refractivity (Wildman–Crippen MR) is 353 cm³/mol. The van der Waals surface area contributed by atoms with Crippen molar-refractivity contribution in [3.8, 4) is 0 Å². The Hall–Kier alpha value is -5.75. The molecular formula is C68H117N13O10. The van der Waals surface area contributed by atoms with E-state index >= 15 is 9.59 Å². The molecule has 12 atom stereocenters. The molecule has 2 saturated carbocycles.